The van der Waals surface area contributed by atoms with Crippen molar-refractivity contribution in [3.8, 4) is 0 Å². The summed E-state index contributed by atoms with van der Waals surface area (Å²) >= 11 is 6.17. The van der Waals surface area contributed by atoms with Gasteiger partial charge in [-0.2, -0.15) is 0 Å². The van der Waals surface area contributed by atoms with Gasteiger partial charge in [0.25, 0.3) is 0 Å². The zero-order chi connectivity index (χ0) is 12.6. The van der Waals surface area contributed by atoms with Crippen molar-refractivity contribution >= 4 is 28.5 Å². The van der Waals surface area contributed by atoms with Crippen molar-refractivity contribution in [3.05, 3.63) is 35.5 Å². The van der Waals surface area contributed by atoms with Gasteiger partial charge in [0.1, 0.15) is 0 Å². The molecule has 0 bridgehead atoms. The molecule has 0 aliphatic carbocycles. The van der Waals surface area contributed by atoms with Crippen LogP contribution in [0.1, 0.15) is 16.6 Å². The number of methoxy groups -OCH3 is 1. The summed E-state index contributed by atoms with van der Waals surface area (Å²) in [6.45, 7) is 1.95. The van der Waals surface area contributed by atoms with Gasteiger partial charge in [-0.1, -0.05) is 18.2 Å². The average molecular weight is 252 g/mol. The van der Waals surface area contributed by atoms with Crippen LogP contribution in [0, 0.1) is 6.92 Å². The first kappa shape index (κ1) is 12.0. The third kappa shape index (κ3) is 1.80. The van der Waals surface area contributed by atoms with E-state index >= 15 is 0 Å². The number of nitrogens with zero attached hydrogens (tertiary/aromatic N) is 1. The summed E-state index contributed by atoms with van der Waals surface area (Å²) in [6, 6.07) is 7.88. The van der Waals surface area contributed by atoms with Crippen LogP contribution in [0.4, 0.5) is 0 Å². The van der Waals surface area contributed by atoms with Gasteiger partial charge in [0.2, 0.25) is 0 Å². The molecule has 0 saturated carbocycles. The summed E-state index contributed by atoms with van der Waals surface area (Å²) in [7, 11) is 3.31. The van der Waals surface area contributed by atoms with Crippen molar-refractivity contribution in [1.82, 2.24) is 4.57 Å². The molecule has 4 heteroatoms. The van der Waals surface area contributed by atoms with E-state index in [4.69, 9.17) is 16.3 Å². The lowest BCUT2D eigenvalue weighted by atomic mass is 10.1. The molecule has 0 aliphatic heterocycles. The van der Waals surface area contributed by atoms with Crippen molar-refractivity contribution in [3.63, 3.8) is 0 Å². The van der Waals surface area contributed by atoms with Crippen LogP contribution in [0.25, 0.3) is 10.9 Å². The highest BCUT2D eigenvalue weighted by Crippen LogP contribution is 2.33. The van der Waals surface area contributed by atoms with Crippen molar-refractivity contribution < 1.29 is 9.53 Å². The predicted molar refractivity (Wildman–Crippen MR) is 68.3 cm³/mol. The number of aryl methyl sites for hydroxylation is 1. The molecule has 0 amide bonds. The number of para-hydroxylation sites is 1. The Bertz CT molecular complexity index is 574. The van der Waals surface area contributed by atoms with Gasteiger partial charge in [-0.15, -0.1) is 11.6 Å². The molecule has 2 rings (SSSR count). The molecule has 1 unspecified atom stereocenters. The third-order valence-electron chi connectivity index (χ3n) is 3.11. The largest absolute Gasteiger partial charge is 0.468 e. The Labute approximate surface area is 105 Å². The van der Waals surface area contributed by atoms with Gasteiger partial charge in [0.15, 0.2) is 5.38 Å². The van der Waals surface area contributed by atoms with E-state index in [0.29, 0.717) is 0 Å². The van der Waals surface area contributed by atoms with Crippen LogP contribution >= 0.6 is 11.6 Å². The van der Waals surface area contributed by atoms with E-state index in [9.17, 15) is 4.79 Å². The second-order valence-electron chi connectivity index (χ2n) is 3.96. The van der Waals surface area contributed by atoms with E-state index in [1.165, 1.54) is 7.11 Å². The van der Waals surface area contributed by atoms with Crippen molar-refractivity contribution in [2.75, 3.05) is 7.11 Å². The molecule has 0 radical (unpaired) electrons. The zero-order valence-electron chi connectivity index (χ0n) is 10.0. The number of ether oxygens (including phenoxy) is 1. The van der Waals surface area contributed by atoms with Gasteiger partial charge in [0, 0.05) is 29.2 Å². The van der Waals surface area contributed by atoms with Crippen molar-refractivity contribution in [2.24, 2.45) is 7.05 Å². The summed E-state index contributed by atoms with van der Waals surface area (Å²) in [5, 5.41) is 0.240. The normalized spacial score (nSPS) is 12.7. The standard InChI is InChI=1S/C13H14ClNO2/c1-8-11(12(14)13(16)17-3)9-6-4-5-7-10(9)15(8)2/h4-7,12H,1-3H3. The number of aromatic nitrogens is 1. The molecule has 90 valence electrons. The number of alkyl halides is 1. The summed E-state index contributed by atoms with van der Waals surface area (Å²) in [5.41, 5.74) is 2.88. The highest BCUT2D eigenvalue weighted by molar-refractivity contribution is 6.31. The predicted octanol–water partition coefficient (Wildman–Crippen LogP) is 2.94. The number of halogens is 1. The minimum atomic E-state index is -0.758. The number of rotatable bonds is 2. The van der Waals surface area contributed by atoms with Gasteiger partial charge >= 0.3 is 5.97 Å². The van der Waals surface area contributed by atoms with Crippen LogP contribution in [0.2, 0.25) is 0 Å². The molecule has 0 spiro atoms. The maximum atomic E-state index is 11.6. The fourth-order valence-corrected chi connectivity index (χ4v) is 2.46. The Morgan fingerprint density at radius 2 is 2.06 bits per heavy atom. The molecule has 0 fully saturated rings. The van der Waals surface area contributed by atoms with Gasteiger partial charge in [-0.05, 0) is 13.0 Å². The Kier molecular flexibility index (Phi) is 3.11. The maximum absolute atomic E-state index is 11.6. The van der Waals surface area contributed by atoms with Crippen molar-refractivity contribution in [1.29, 1.82) is 0 Å². The van der Waals surface area contributed by atoms with Crippen LogP contribution in [0.15, 0.2) is 24.3 Å². The van der Waals surface area contributed by atoms with Crippen LogP contribution in [0.5, 0.6) is 0 Å². The maximum Gasteiger partial charge on any atom is 0.328 e. The molecule has 0 aliphatic rings. The molecule has 2 aromatic rings. The molecule has 1 aromatic heterocycles. The second kappa shape index (κ2) is 4.41. The lowest BCUT2D eigenvalue weighted by Gasteiger charge is -2.08. The smallest absolute Gasteiger partial charge is 0.328 e. The van der Waals surface area contributed by atoms with Gasteiger partial charge in [-0.3, -0.25) is 4.79 Å². The Morgan fingerprint density at radius 3 is 2.71 bits per heavy atom. The number of fused-ring (bicyclic) bond motifs is 1. The fraction of sp³-hybridized carbons (Fsp3) is 0.308. The Morgan fingerprint density at radius 1 is 1.41 bits per heavy atom. The SMILES string of the molecule is COC(=O)C(Cl)c1c(C)n(C)c2ccccc12. The second-order valence-corrected chi connectivity index (χ2v) is 4.40. The lowest BCUT2D eigenvalue weighted by Crippen LogP contribution is -2.09. The topological polar surface area (TPSA) is 31.2 Å². The average Bonchev–Trinajstić information content (AvgIpc) is 2.61. The monoisotopic (exact) mass is 251 g/mol. The molecule has 1 aromatic carbocycles. The fourth-order valence-electron chi connectivity index (χ4n) is 2.09. The summed E-state index contributed by atoms with van der Waals surface area (Å²) < 4.78 is 6.73. The minimum absolute atomic E-state index is 0.425. The summed E-state index contributed by atoms with van der Waals surface area (Å²) in [6.07, 6.45) is 0. The first-order valence-electron chi connectivity index (χ1n) is 5.33. The summed E-state index contributed by atoms with van der Waals surface area (Å²) in [5.74, 6) is -0.425. The first-order chi connectivity index (χ1) is 8.07. The number of hydrogen-bond acceptors (Lipinski definition) is 2. The zero-order valence-corrected chi connectivity index (χ0v) is 10.8. The highest BCUT2D eigenvalue weighted by Gasteiger charge is 2.25. The lowest BCUT2D eigenvalue weighted by molar-refractivity contribution is -0.140. The third-order valence-corrected chi connectivity index (χ3v) is 3.51. The molecule has 0 saturated heterocycles. The van der Waals surface area contributed by atoms with Crippen LogP contribution in [0.3, 0.4) is 0 Å². The van der Waals surface area contributed by atoms with E-state index in [2.05, 4.69) is 0 Å². The van der Waals surface area contributed by atoms with E-state index in [0.717, 1.165) is 22.2 Å². The van der Waals surface area contributed by atoms with Crippen molar-refractivity contribution in [2.45, 2.75) is 12.3 Å². The van der Waals surface area contributed by atoms with Gasteiger partial charge in [0.05, 0.1) is 7.11 Å². The minimum Gasteiger partial charge on any atom is -0.468 e. The van der Waals surface area contributed by atoms with E-state index in [1.54, 1.807) is 0 Å². The molecule has 3 nitrogen and oxygen atoms in total. The molecule has 1 atom stereocenters. The molecular formula is C13H14ClNO2. The molecular weight excluding hydrogens is 238 g/mol. The first-order valence-corrected chi connectivity index (χ1v) is 5.77. The quantitative estimate of drug-likeness (QED) is 0.607. The van der Waals surface area contributed by atoms with E-state index < -0.39 is 11.3 Å². The molecule has 17 heavy (non-hydrogen) atoms. The molecule has 1 heterocycles. The van der Waals surface area contributed by atoms with Crippen LogP contribution in [-0.4, -0.2) is 17.6 Å². The van der Waals surface area contributed by atoms with Gasteiger partial charge in [-0.25, -0.2) is 0 Å². The number of carbonyl (C=O) groups excluding carboxylic acids is 1. The van der Waals surface area contributed by atoms with E-state index in [1.807, 2.05) is 42.8 Å². The Balaban J connectivity index is 2.69. The van der Waals surface area contributed by atoms with Gasteiger partial charge < -0.3 is 9.30 Å². The number of carbonyl (C=O) groups is 1. The highest BCUT2D eigenvalue weighted by atomic mass is 35.5. The molecule has 0 N–H and O–H groups in total. The number of esters is 1. The number of hydrogen-bond donors (Lipinski definition) is 0. The van der Waals surface area contributed by atoms with Crippen LogP contribution < -0.4 is 0 Å². The number of benzene rings is 1. The van der Waals surface area contributed by atoms with Crippen LogP contribution in [-0.2, 0) is 16.6 Å². The summed E-state index contributed by atoms with van der Waals surface area (Å²) in [4.78, 5) is 11.6. The van der Waals surface area contributed by atoms with E-state index in [-0.39, 0.29) is 0 Å². The Hall–Kier alpha value is -1.48.